The van der Waals surface area contributed by atoms with Crippen LogP contribution in [0, 0.1) is 5.82 Å². The van der Waals surface area contributed by atoms with Gasteiger partial charge >= 0.3 is 5.97 Å². The Morgan fingerprint density at radius 1 is 1.45 bits per heavy atom. The summed E-state index contributed by atoms with van der Waals surface area (Å²) in [5.41, 5.74) is 0. The summed E-state index contributed by atoms with van der Waals surface area (Å²) in [7, 11) is 0. The molecular weight excluding hydrogens is 329 g/mol. The highest BCUT2D eigenvalue weighted by molar-refractivity contribution is 7.21. The van der Waals surface area contributed by atoms with Crippen molar-refractivity contribution in [3.05, 3.63) is 33.9 Å². The molecule has 7 heteroatoms. The Morgan fingerprint density at radius 3 is 2.86 bits per heavy atom. The van der Waals surface area contributed by atoms with Gasteiger partial charge in [-0.3, -0.25) is 4.79 Å². The van der Waals surface area contributed by atoms with E-state index in [0.717, 1.165) is 24.2 Å². The lowest BCUT2D eigenvalue weighted by Crippen LogP contribution is -2.36. The van der Waals surface area contributed by atoms with Crippen molar-refractivity contribution in [2.75, 3.05) is 0 Å². The molecule has 3 rings (SSSR count). The van der Waals surface area contributed by atoms with Crippen LogP contribution >= 0.6 is 22.9 Å². The van der Waals surface area contributed by atoms with Gasteiger partial charge in [0.1, 0.15) is 10.7 Å². The van der Waals surface area contributed by atoms with Crippen LogP contribution in [0.4, 0.5) is 4.39 Å². The monoisotopic (exact) mass is 341 g/mol. The van der Waals surface area contributed by atoms with Crippen LogP contribution in [0.3, 0.4) is 0 Å². The molecule has 1 aromatic heterocycles. The molecule has 0 saturated heterocycles. The summed E-state index contributed by atoms with van der Waals surface area (Å²) in [6.07, 6.45) is 1.02. The molecule has 1 saturated carbocycles. The number of nitrogens with one attached hydrogen (secondary N) is 1. The summed E-state index contributed by atoms with van der Waals surface area (Å²) in [4.78, 5) is 24.1. The summed E-state index contributed by atoms with van der Waals surface area (Å²) in [5, 5.41) is 3.58. The number of fused-ring (bicyclic) bond motifs is 1. The van der Waals surface area contributed by atoms with E-state index in [1.54, 1.807) is 0 Å². The Hall–Kier alpha value is -1.66. The molecule has 4 nitrogen and oxygen atoms in total. The first-order valence-corrected chi connectivity index (χ1v) is 8.04. The van der Waals surface area contributed by atoms with Crippen molar-refractivity contribution in [1.82, 2.24) is 5.32 Å². The van der Waals surface area contributed by atoms with Crippen molar-refractivity contribution in [2.24, 2.45) is 0 Å². The van der Waals surface area contributed by atoms with E-state index >= 15 is 0 Å². The Morgan fingerprint density at radius 2 is 2.18 bits per heavy atom. The van der Waals surface area contributed by atoms with Crippen molar-refractivity contribution in [1.29, 1.82) is 0 Å². The molecule has 0 spiro atoms. The minimum atomic E-state index is -0.897. The zero-order chi connectivity index (χ0) is 15.9. The van der Waals surface area contributed by atoms with E-state index in [1.165, 1.54) is 25.1 Å². The van der Waals surface area contributed by atoms with E-state index in [1.807, 2.05) is 0 Å². The van der Waals surface area contributed by atoms with E-state index in [0.29, 0.717) is 10.1 Å². The van der Waals surface area contributed by atoms with Crippen molar-refractivity contribution in [3.8, 4) is 0 Å². The van der Waals surface area contributed by atoms with Gasteiger partial charge in [-0.2, -0.15) is 0 Å². The number of carbonyl (C=O) groups excluding carboxylic acids is 2. The van der Waals surface area contributed by atoms with Crippen LogP contribution in [-0.4, -0.2) is 24.0 Å². The number of esters is 1. The number of rotatable bonds is 4. The first-order chi connectivity index (χ1) is 10.5. The van der Waals surface area contributed by atoms with Crippen LogP contribution in [0.2, 0.25) is 5.02 Å². The number of ether oxygens (including phenoxy) is 1. The van der Waals surface area contributed by atoms with Crippen LogP contribution in [0.15, 0.2) is 18.2 Å². The van der Waals surface area contributed by atoms with Gasteiger partial charge < -0.3 is 10.1 Å². The lowest BCUT2D eigenvalue weighted by Gasteiger charge is -2.12. The van der Waals surface area contributed by atoms with Gasteiger partial charge in [-0.15, -0.1) is 11.3 Å². The normalized spacial score (nSPS) is 15.6. The summed E-state index contributed by atoms with van der Waals surface area (Å²) in [6.45, 7) is 1.51. The molecule has 1 amide bonds. The fourth-order valence-electron chi connectivity index (χ4n) is 1.98. The highest BCUT2D eigenvalue weighted by atomic mass is 35.5. The summed E-state index contributed by atoms with van der Waals surface area (Å²) in [6, 6.07) is 4.31. The zero-order valence-corrected chi connectivity index (χ0v) is 13.3. The van der Waals surface area contributed by atoms with E-state index in [-0.39, 0.29) is 21.8 Å². The van der Waals surface area contributed by atoms with Crippen molar-refractivity contribution >= 4 is 44.9 Å². The Bertz CT molecular complexity index is 757. The van der Waals surface area contributed by atoms with Crippen molar-refractivity contribution < 1.29 is 18.7 Å². The quantitative estimate of drug-likeness (QED) is 0.866. The van der Waals surface area contributed by atoms with Crippen LogP contribution in [-0.2, 0) is 9.53 Å². The Kier molecular flexibility index (Phi) is 4.06. The molecule has 1 aliphatic carbocycles. The van der Waals surface area contributed by atoms with Gasteiger partial charge in [-0.1, -0.05) is 11.6 Å². The first-order valence-electron chi connectivity index (χ1n) is 6.84. The number of halogens is 2. The van der Waals surface area contributed by atoms with Gasteiger partial charge in [0.05, 0.1) is 5.02 Å². The second-order valence-corrected chi connectivity index (χ2v) is 6.65. The van der Waals surface area contributed by atoms with E-state index in [9.17, 15) is 14.0 Å². The summed E-state index contributed by atoms with van der Waals surface area (Å²) in [5.74, 6) is -1.40. The average molecular weight is 342 g/mol. The maximum atomic E-state index is 13.2. The maximum Gasteiger partial charge on any atom is 0.350 e. The van der Waals surface area contributed by atoms with Crippen molar-refractivity contribution in [3.63, 3.8) is 0 Å². The second-order valence-electron chi connectivity index (χ2n) is 5.22. The van der Waals surface area contributed by atoms with Crippen molar-refractivity contribution in [2.45, 2.75) is 31.9 Å². The van der Waals surface area contributed by atoms with E-state index < -0.39 is 17.9 Å². The minimum Gasteiger partial charge on any atom is -0.448 e. The van der Waals surface area contributed by atoms with Gasteiger partial charge in [0.25, 0.3) is 5.91 Å². The Labute approximate surface area is 135 Å². The zero-order valence-electron chi connectivity index (χ0n) is 11.7. The van der Waals surface area contributed by atoms with Crippen LogP contribution in [0.5, 0.6) is 0 Å². The molecule has 1 heterocycles. The van der Waals surface area contributed by atoms with Gasteiger partial charge in [-0.05, 0) is 38.0 Å². The third-order valence-electron chi connectivity index (χ3n) is 3.35. The topological polar surface area (TPSA) is 55.4 Å². The number of amides is 1. The molecule has 1 atom stereocenters. The van der Waals surface area contributed by atoms with Crippen LogP contribution in [0.25, 0.3) is 10.1 Å². The standard InChI is InChI=1S/C15H13ClFNO3S/c1-7(14(19)18-9-3-4-9)21-15(20)13-12(16)10-5-2-8(17)6-11(10)22-13/h2,5-7,9H,3-4H2,1H3,(H,18,19)/t7-/m0/s1. The highest BCUT2D eigenvalue weighted by Crippen LogP contribution is 2.36. The Balaban J connectivity index is 1.76. The molecule has 1 aromatic carbocycles. The summed E-state index contributed by atoms with van der Waals surface area (Å²) >= 11 is 7.20. The molecule has 116 valence electrons. The number of hydrogen-bond acceptors (Lipinski definition) is 4. The third kappa shape index (κ3) is 3.08. The lowest BCUT2D eigenvalue weighted by molar-refractivity contribution is -0.129. The molecule has 0 unspecified atom stereocenters. The molecule has 0 bridgehead atoms. The van der Waals surface area contributed by atoms with Gasteiger partial charge in [0, 0.05) is 16.1 Å². The molecular formula is C15H13ClFNO3S. The molecule has 1 fully saturated rings. The number of benzene rings is 1. The third-order valence-corrected chi connectivity index (χ3v) is 4.99. The fourth-order valence-corrected chi connectivity index (χ4v) is 3.40. The minimum absolute atomic E-state index is 0.174. The smallest absolute Gasteiger partial charge is 0.350 e. The predicted octanol–water partition coefficient (Wildman–Crippen LogP) is 3.52. The van der Waals surface area contributed by atoms with Crippen LogP contribution in [0.1, 0.15) is 29.4 Å². The van der Waals surface area contributed by atoms with Gasteiger partial charge in [0.15, 0.2) is 6.10 Å². The second kappa shape index (κ2) is 5.85. The molecule has 2 aromatic rings. The first kappa shape index (κ1) is 15.2. The SMILES string of the molecule is C[C@H](OC(=O)c1sc2cc(F)ccc2c1Cl)C(=O)NC1CC1. The molecule has 22 heavy (non-hydrogen) atoms. The van der Waals surface area contributed by atoms with Gasteiger partial charge in [0.2, 0.25) is 0 Å². The lowest BCUT2D eigenvalue weighted by atomic mass is 10.2. The fraction of sp³-hybridized carbons (Fsp3) is 0.333. The van der Waals surface area contributed by atoms with E-state index in [2.05, 4.69) is 5.32 Å². The summed E-state index contributed by atoms with van der Waals surface area (Å²) < 4.78 is 18.9. The average Bonchev–Trinajstić information content (AvgIpc) is 3.22. The van der Waals surface area contributed by atoms with Gasteiger partial charge in [-0.25, -0.2) is 9.18 Å². The number of hydrogen-bond donors (Lipinski definition) is 1. The molecule has 0 radical (unpaired) electrons. The largest absolute Gasteiger partial charge is 0.448 e. The van der Waals surface area contributed by atoms with Crippen LogP contribution < -0.4 is 5.32 Å². The van der Waals surface area contributed by atoms with E-state index in [4.69, 9.17) is 16.3 Å². The molecule has 1 N–H and O–H groups in total. The number of thiophene rings is 1. The maximum absolute atomic E-state index is 13.2. The predicted molar refractivity (Wildman–Crippen MR) is 82.8 cm³/mol. The molecule has 1 aliphatic rings. The highest BCUT2D eigenvalue weighted by Gasteiger charge is 2.28. The molecule has 0 aliphatic heterocycles. The number of carbonyl (C=O) groups is 2.